The number of nitro groups is 1. The molecule has 0 aromatic heterocycles. The third kappa shape index (κ3) is 4.98. The molecule has 0 fully saturated rings. The molecule has 0 radical (unpaired) electrons. The van der Waals surface area contributed by atoms with E-state index < -0.39 is 34.9 Å². The normalized spacial score (nSPS) is 10.2. The number of esters is 1. The third-order valence-electron chi connectivity index (χ3n) is 3.14. The van der Waals surface area contributed by atoms with Crippen LogP contribution in [0.15, 0.2) is 42.5 Å². The molecule has 25 heavy (non-hydrogen) atoms. The van der Waals surface area contributed by atoms with Gasteiger partial charge in [-0.05, 0) is 18.2 Å². The van der Waals surface area contributed by atoms with Gasteiger partial charge in [-0.25, -0.2) is 9.18 Å². The smallest absolute Gasteiger partial charge is 0.345 e. The van der Waals surface area contributed by atoms with Crippen LogP contribution < -0.4 is 5.32 Å². The van der Waals surface area contributed by atoms with Crippen molar-refractivity contribution in [2.24, 2.45) is 0 Å². The van der Waals surface area contributed by atoms with Crippen molar-refractivity contribution in [1.82, 2.24) is 5.32 Å². The average Bonchev–Trinajstić information content (AvgIpc) is 2.58. The molecule has 0 unspecified atom stereocenters. The van der Waals surface area contributed by atoms with Crippen LogP contribution >= 0.6 is 11.6 Å². The number of nitrogens with zero attached hydrogens (tertiary/aromatic N) is 1. The number of amides is 1. The largest absolute Gasteiger partial charge is 0.452 e. The molecule has 0 saturated carbocycles. The Balaban J connectivity index is 1.94. The summed E-state index contributed by atoms with van der Waals surface area (Å²) in [6, 6.07) is 9.29. The van der Waals surface area contributed by atoms with E-state index in [0.717, 1.165) is 12.1 Å². The standard InChI is InChI=1S/C16H12ClFN2O5/c17-11-5-6-14(20(23)24)12(7-11)16(22)25-9-15(21)19-8-10-3-1-2-4-13(10)18/h1-7H,8-9H2,(H,19,21). The first kappa shape index (κ1) is 18.3. The number of nitro benzene ring substituents is 1. The molecule has 2 aromatic rings. The van der Waals surface area contributed by atoms with Crippen molar-refractivity contribution < 1.29 is 23.6 Å². The molecule has 7 nitrogen and oxygen atoms in total. The lowest BCUT2D eigenvalue weighted by Crippen LogP contribution is -2.28. The Bertz CT molecular complexity index is 828. The molecule has 2 rings (SSSR count). The minimum Gasteiger partial charge on any atom is -0.452 e. The number of halogens is 2. The van der Waals surface area contributed by atoms with Crippen molar-refractivity contribution in [3.8, 4) is 0 Å². The van der Waals surface area contributed by atoms with Crippen LogP contribution in [0.2, 0.25) is 5.02 Å². The van der Waals surface area contributed by atoms with E-state index in [1.807, 2.05) is 0 Å². The molecule has 0 bridgehead atoms. The fourth-order valence-corrected chi connectivity index (χ4v) is 2.10. The van der Waals surface area contributed by atoms with Gasteiger partial charge in [0.15, 0.2) is 6.61 Å². The molecule has 0 saturated heterocycles. The van der Waals surface area contributed by atoms with Crippen molar-refractivity contribution in [2.75, 3.05) is 6.61 Å². The number of carbonyl (C=O) groups excluding carboxylic acids is 2. The van der Waals surface area contributed by atoms with Gasteiger partial charge in [0.1, 0.15) is 11.4 Å². The van der Waals surface area contributed by atoms with Crippen LogP contribution in [0.3, 0.4) is 0 Å². The Hall–Kier alpha value is -3.00. The highest BCUT2D eigenvalue weighted by atomic mass is 35.5. The molecular formula is C16H12ClFN2O5. The van der Waals surface area contributed by atoms with E-state index in [0.29, 0.717) is 0 Å². The summed E-state index contributed by atoms with van der Waals surface area (Å²) in [6.07, 6.45) is 0. The van der Waals surface area contributed by atoms with Crippen LogP contribution in [-0.4, -0.2) is 23.4 Å². The average molecular weight is 367 g/mol. The van der Waals surface area contributed by atoms with Crippen molar-refractivity contribution >= 4 is 29.2 Å². The Morgan fingerprint density at radius 1 is 1.24 bits per heavy atom. The second-order valence-corrected chi connectivity index (χ2v) is 5.30. The van der Waals surface area contributed by atoms with Gasteiger partial charge < -0.3 is 10.1 Å². The second kappa shape index (κ2) is 8.20. The lowest BCUT2D eigenvalue weighted by Gasteiger charge is -2.08. The highest BCUT2D eigenvalue weighted by Gasteiger charge is 2.22. The van der Waals surface area contributed by atoms with Gasteiger partial charge >= 0.3 is 5.97 Å². The molecule has 0 heterocycles. The second-order valence-electron chi connectivity index (χ2n) is 4.86. The summed E-state index contributed by atoms with van der Waals surface area (Å²) in [5.74, 6) is -2.22. The topological polar surface area (TPSA) is 98.5 Å². The number of hydrogen-bond donors (Lipinski definition) is 1. The SMILES string of the molecule is O=C(COC(=O)c1cc(Cl)ccc1[N+](=O)[O-])NCc1ccccc1F. The first-order chi connectivity index (χ1) is 11.9. The zero-order valence-electron chi connectivity index (χ0n) is 12.7. The highest BCUT2D eigenvalue weighted by molar-refractivity contribution is 6.31. The summed E-state index contributed by atoms with van der Waals surface area (Å²) in [6.45, 7) is -0.753. The Kier molecular flexibility index (Phi) is 6.02. The highest BCUT2D eigenvalue weighted by Crippen LogP contribution is 2.23. The Morgan fingerprint density at radius 2 is 1.96 bits per heavy atom. The quantitative estimate of drug-likeness (QED) is 0.481. The summed E-state index contributed by atoms with van der Waals surface area (Å²) in [4.78, 5) is 33.8. The van der Waals surface area contributed by atoms with Gasteiger partial charge in [-0.15, -0.1) is 0 Å². The molecule has 0 aliphatic carbocycles. The monoisotopic (exact) mass is 366 g/mol. The van der Waals surface area contributed by atoms with E-state index in [1.165, 1.54) is 24.3 Å². The zero-order valence-corrected chi connectivity index (χ0v) is 13.5. The van der Waals surface area contributed by atoms with Crippen LogP contribution in [0.1, 0.15) is 15.9 Å². The molecule has 0 aliphatic heterocycles. The van der Waals surface area contributed by atoms with E-state index in [2.05, 4.69) is 5.32 Å². The van der Waals surface area contributed by atoms with Crippen LogP contribution in [0.4, 0.5) is 10.1 Å². The number of benzene rings is 2. The molecule has 0 aliphatic rings. The fraction of sp³-hybridized carbons (Fsp3) is 0.125. The molecular weight excluding hydrogens is 355 g/mol. The van der Waals surface area contributed by atoms with E-state index in [9.17, 15) is 24.1 Å². The predicted molar refractivity (Wildman–Crippen MR) is 86.6 cm³/mol. The molecule has 0 spiro atoms. The molecule has 9 heteroatoms. The fourth-order valence-electron chi connectivity index (χ4n) is 1.93. The molecule has 1 amide bonds. The molecule has 2 aromatic carbocycles. The van der Waals surface area contributed by atoms with Crippen LogP contribution in [0.25, 0.3) is 0 Å². The van der Waals surface area contributed by atoms with Gasteiger partial charge in [0.25, 0.3) is 11.6 Å². The van der Waals surface area contributed by atoms with E-state index >= 15 is 0 Å². The molecule has 1 N–H and O–H groups in total. The van der Waals surface area contributed by atoms with Gasteiger partial charge in [0.2, 0.25) is 0 Å². The van der Waals surface area contributed by atoms with Gasteiger partial charge in [0, 0.05) is 23.2 Å². The summed E-state index contributed by atoms with van der Waals surface area (Å²) >= 11 is 5.72. The van der Waals surface area contributed by atoms with Crippen molar-refractivity contribution in [2.45, 2.75) is 6.54 Å². The van der Waals surface area contributed by atoms with E-state index in [-0.39, 0.29) is 22.7 Å². The van der Waals surface area contributed by atoms with Gasteiger partial charge in [-0.3, -0.25) is 14.9 Å². The van der Waals surface area contributed by atoms with Gasteiger partial charge in [-0.1, -0.05) is 29.8 Å². The molecule has 130 valence electrons. The first-order valence-electron chi connectivity index (χ1n) is 6.99. The third-order valence-corrected chi connectivity index (χ3v) is 3.38. The van der Waals surface area contributed by atoms with Gasteiger partial charge in [0.05, 0.1) is 4.92 Å². The van der Waals surface area contributed by atoms with Crippen LogP contribution in [0.5, 0.6) is 0 Å². The zero-order chi connectivity index (χ0) is 18.4. The first-order valence-corrected chi connectivity index (χ1v) is 7.37. The molecule has 0 atom stereocenters. The van der Waals surface area contributed by atoms with Gasteiger partial charge in [-0.2, -0.15) is 0 Å². The number of rotatable bonds is 6. The Labute approximate surface area is 146 Å². The van der Waals surface area contributed by atoms with Crippen molar-refractivity contribution in [3.63, 3.8) is 0 Å². The minimum absolute atomic E-state index is 0.0830. The van der Waals surface area contributed by atoms with Crippen molar-refractivity contribution in [1.29, 1.82) is 0 Å². The van der Waals surface area contributed by atoms with Crippen LogP contribution in [-0.2, 0) is 16.1 Å². The maximum atomic E-state index is 13.4. The summed E-state index contributed by atoms with van der Waals surface area (Å²) < 4.78 is 18.2. The summed E-state index contributed by atoms with van der Waals surface area (Å²) in [5.41, 5.74) is -0.576. The predicted octanol–water partition coefficient (Wildman–Crippen LogP) is 2.86. The summed E-state index contributed by atoms with van der Waals surface area (Å²) in [7, 11) is 0. The Morgan fingerprint density at radius 3 is 2.64 bits per heavy atom. The number of hydrogen-bond acceptors (Lipinski definition) is 5. The maximum absolute atomic E-state index is 13.4. The van der Waals surface area contributed by atoms with E-state index in [1.54, 1.807) is 6.07 Å². The number of carbonyl (C=O) groups is 2. The number of ether oxygens (including phenoxy) is 1. The van der Waals surface area contributed by atoms with Crippen molar-refractivity contribution in [3.05, 3.63) is 74.5 Å². The van der Waals surface area contributed by atoms with Crippen LogP contribution in [0, 0.1) is 15.9 Å². The lowest BCUT2D eigenvalue weighted by molar-refractivity contribution is -0.385. The van der Waals surface area contributed by atoms with E-state index in [4.69, 9.17) is 16.3 Å². The minimum atomic E-state index is -1.06. The maximum Gasteiger partial charge on any atom is 0.345 e. The number of nitrogens with one attached hydrogen (secondary N) is 1. The lowest BCUT2D eigenvalue weighted by atomic mass is 10.2. The summed E-state index contributed by atoms with van der Waals surface area (Å²) in [5, 5.41) is 13.4.